The third kappa shape index (κ3) is 4.11. The monoisotopic (exact) mass is 436 g/mol. The quantitative estimate of drug-likeness (QED) is 0.327. The van der Waals surface area contributed by atoms with E-state index in [1.165, 1.54) is 0 Å². The molecule has 0 aliphatic carbocycles. The predicted molar refractivity (Wildman–Crippen MR) is 132 cm³/mol. The maximum atomic E-state index is 5.56. The Balaban J connectivity index is 1.64. The van der Waals surface area contributed by atoms with Crippen molar-refractivity contribution in [3.05, 3.63) is 91.4 Å². The third-order valence-electron chi connectivity index (χ3n) is 5.45. The van der Waals surface area contributed by atoms with Crippen molar-refractivity contribution in [1.82, 2.24) is 14.5 Å². The van der Waals surface area contributed by atoms with Crippen LogP contribution in [0.4, 0.5) is 11.5 Å². The summed E-state index contributed by atoms with van der Waals surface area (Å²) in [5.41, 5.74) is 4.89. The Morgan fingerprint density at radius 3 is 2.27 bits per heavy atom. The van der Waals surface area contributed by atoms with Gasteiger partial charge in [0.25, 0.3) is 0 Å². The minimum Gasteiger partial charge on any atom is -0.497 e. The van der Waals surface area contributed by atoms with Crippen LogP contribution >= 0.6 is 0 Å². The molecule has 33 heavy (non-hydrogen) atoms. The number of nitrogens with one attached hydrogen (secondary N) is 1. The number of aromatic nitrogens is 3. The van der Waals surface area contributed by atoms with Crippen LogP contribution in [0.1, 0.15) is 6.92 Å². The molecule has 0 aliphatic heterocycles. The van der Waals surface area contributed by atoms with Crippen molar-refractivity contribution in [2.45, 2.75) is 6.92 Å². The molecule has 3 aromatic carbocycles. The van der Waals surface area contributed by atoms with Gasteiger partial charge in [-0.2, -0.15) is 0 Å². The minimum absolute atomic E-state index is 0.638. The molecule has 2 heterocycles. The van der Waals surface area contributed by atoms with E-state index in [4.69, 9.17) is 9.47 Å². The van der Waals surface area contributed by atoms with Crippen LogP contribution in [0.15, 0.2) is 91.4 Å². The molecule has 0 atom stereocenters. The smallest absolute Gasteiger partial charge is 0.150 e. The molecular weight excluding hydrogens is 412 g/mol. The van der Waals surface area contributed by atoms with E-state index in [9.17, 15) is 0 Å². The minimum atomic E-state index is 0.638. The molecule has 0 bridgehead atoms. The molecule has 5 rings (SSSR count). The molecule has 0 saturated heterocycles. The molecule has 0 radical (unpaired) electrons. The summed E-state index contributed by atoms with van der Waals surface area (Å²) < 4.78 is 13.0. The zero-order valence-corrected chi connectivity index (χ0v) is 18.5. The van der Waals surface area contributed by atoms with Gasteiger partial charge < -0.3 is 19.4 Å². The molecule has 2 aromatic heterocycles. The number of methoxy groups -OCH3 is 1. The van der Waals surface area contributed by atoms with E-state index in [1.807, 2.05) is 73.7 Å². The van der Waals surface area contributed by atoms with Crippen molar-refractivity contribution in [2.75, 3.05) is 19.0 Å². The average Bonchev–Trinajstić information content (AvgIpc) is 3.27. The molecule has 6 nitrogen and oxygen atoms in total. The van der Waals surface area contributed by atoms with E-state index in [0.29, 0.717) is 6.61 Å². The van der Waals surface area contributed by atoms with Crippen LogP contribution in [-0.4, -0.2) is 28.3 Å². The summed E-state index contributed by atoms with van der Waals surface area (Å²) in [7, 11) is 1.67. The lowest BCUT2D eigenvalue weighted by atomic mass is 10.1. The molecule has 0 saturated carbocycles. The zero-order chi connectivity index (χ0) is 22.6. The first-order valence-electron chi connectivity index (χ1n) is 10.8. The first kappa shape index (κ1) is 20.6. The van der Waals surface area contributed by atoms with Gasteiger partial charge in [-0.15, -0.1) is 0 Å². The van der Waals surface area contributed by atoms with Gasteiger partial charge in [0.1, 0.15) is 23.6 Å². The van der Waals surface area contributed by atoms with E-state index in [2.05, 4.69) is 38.2 Å². The molecule has 6 heteroatoms. The molecule has 0 aliphatic rings. The van der Waals surface area contributed by atoms with Crippen molar-refractivity contribution in [1.29, 1.82) is 0 Å². The topological polar surface area (TPSA) is 61.2 Å². The number of hydrogen-bond acceptors (Lipinski definition) is 5. The van der Waals surface area contributed by atoms with E-state index in [-0.39, 0.29) is 0 Å². The van der Waals surface area contributed by atoms with Crippen LogP contribution in [-0.2, 0) is 0 Å². The molecule has 0 unspecified atom stereocenters. The van der Waals surface area contributed by atoms with Crippen molar-refractivity contribution in [3.63, 3.8) is 0 Å². The number of ether oxygens (including phenoxy) is 2. The summed E-state index contributed by atoms with van der Waals surface area (Å²) in [5, 5.41) is 4.42. The van der Waals surface area contributed by atoms with Crippen molar-refractivity contribution in [2.24, 2.45) is 0 Å². The molecule has 164 valence electrons. The van der Waals surface area contributed by atoms with E-state index in [1.54, 1.807) is 13.4 Å². The van der Waals surface area contributed by atoms with Crippen molar-refractivity contribution in [3.8, 4) is 28.3 Å². The highest BCUT2D eigenvalue weighted by atomic mass is 16.5. The largest absolute Gasteiger partial charge is 0.497 e. The summed E-state index contributed by atoms with van der Waals surface area (Å²) in [6.07, 6.45) is 3.70. The fourth-order valence-electron chi connectivity index (χ4n) is 3.87. The second kappa shape index (κ2) is 9.04. The molecule has 0 spiro atoms. The summed E-state index contributed by atoms with van der Waals surface area (Å²) in [4.78, 5) is 9.24. The van der Waals surface area contributed by atoms with E-state index in [0.717, 1.165) is 50.9 Å². The van der Waals surface area contributed by atoms with Crippen LogP contribution in [0, 0.1) is 0 Å². The van der Waals surface area contributed by atoms with E-state index >= 15 is 0 Å². The molecule has 0 fully saturated rings. The lowest BCUT2D eigenvalue weighted by Crippen LogP contribution is -1.98. The summed E-state index contributed by atoms with van der Waals surface area (Å²) in [6, 6.07) is 26.1. The number of hydrogen-bond donors (Lipinski definition) is 1. The van der Waals surface area contributed by atoms with Gasteiger partial charge in [0, 0.05) is 23.1 Å². The highest BCUT2D eigenvalue weighted by molar-refractivity contribution is 6.03. The normalized spacial score (nSPS) is 10.8. The fourth-order valence-corrected chi connectivity index (χ4v) is 3.87. The third-order valence-corrected chi connectivity index (χ3v) is 5.45. The van der Waals surface area contributed by atoms with E-state index < -0.39 is 0 Å². The lowest BCUT2D eigenvalue weighted by Gasteiger charge is -2.10. The molecule has 5 aromatic rings. The van der Waals surface area contributed by atoms with Gasteiger partial charge in [-0.25, -0.2) is 9.97 Å². The predicted octanol–water partition coefficient (Wildman–Crippen LogP) is 6.24. The fraction of sp³-hybridized carbons (Fsp3) is 0.111. The number of anilines is 2. The van der Waals surface area contributed by atoms with Crippen LogP contribution in [0.2, 0.25) is 0 Å². The van der Waals surface area contributed by atoms with Crippen LogP contribution in [0.5, 0.6) is 11.5 Å². The second-order valence-electron chi connectivity index (χ2n) is 7.48. The van der Waals surface area contributed by atoms with Gasteiger partial charge in [-0.1, -0.05) is 30.3 Å². The molecular formula is C27H24N4O2. The Bertz CT molecular complexity index is 1360. The van der Waals surface area contributed by atoms with Gasteiger partial charge in [-0.3, -0.25) is 0 Å². The first-order valence-corrected chi connectivity index (χ1v) is 10.8. The SMILES string of the molecule is CCOc1ccc(Nc2ncnc3c2c(-c2ccccc2)cn3-c2ccc(OC)cc2)cc1. The maximum Gasteiger partial charge on any atom is 0.150 e. The van der Waals surface area contributed by atoms with Gasteiger partial charge in [0.05, 0.1) is 19.1 Å². The number of rotatable bonds is 7. The highest BCUT2D eigenvalue weighted by Crippen LogP contribution is 2.36. The summed E-state index contributed by atoms with van der Waals surface area (Å²) >= 11 is 0. The molecule has 0 amide bonds. The Kier molecular flexibility index (Phi) is 5.64. The Morgan fingerprint density at radius 2 is 1.58 bits per heavy atom. The van der Waals surface area contributed by atoms with Crippen LogP contribution in [0.25, 0.3) is 27.8 Å². The standard InChI is InChI=1S/C27H24N4O2/c1-3-33-23-13-9-20(10-14-23)30-26-25-24(19-7-5-4-6-8-19)17-31(27(25)29-18-28-26)21-11-15-22(32-2)16-12-21/h4-18H,3H2,1-2H3,(H,28,29,30). The number of benzene rings is 3. The van der Waals surface area contributed by atoms with Crippen LogP contribution < -0.4 is 14.8 Å². The van der Waals surface area contributed by atoms with Gasteiger partial charge in [-0.05, 0) is 61.0 Å². The second-order valence-corrected chi connectivity index (χ2v) is 7.48. The Hall–Kier alpha value is -4.32. The first-order chi connectivity index (χ1) is 16.3. The van der Waals surface area contributed by atoms with Gasteiger partial charge in [0.2, 0.25) is 0 Å². The summed E-state index contributed by atoms with van der Waals surface area (Å²) in [6.45, 7) is 2.61. The zero-order valence-electron chi connectivity index (χ0n) is 18.5. The van der Waals surface area contributed by atoms with Crippen molar-refractivity contribution < 1.29 is 9.47 Å². The Morgan fingerprint density at radius 1 is 0.848 bits per heavy atom. The number of fused-ring (bicyclic) bond motifs is 1. The van der Waals surface area contributed by atoms with Gasteiger partial charge in [0.15, 0.2) is 5.65 Å². The Labute approximate surface area is 192 Å². The number of nitrogens with zero attached hydrogens (tertiary/aromatic N) is 3. The maximum absolute atomic E-state index is 5.56. The molecule has 1 N–H and O–H groups in total. The summed E-state index contributed by atoms with van der Waals surface area (Å²) in [5.74, 6) is 2.40. The average molecular weight is 437 g/mol. The lowest BCUT2D eigenvalue weighted by molar-refractivity contribution is 0.340. The van der Waals surface area contributed by atoms with Crippen LogP contribution in [0.3, 0.4) is 0 Å². The highest BCUT2D eigenvalue weighted by Gasteiger charge is 2.17. The van der Waals surface area contributed by atoms with Gasteiger partial charge >= 0.3 is 0 Å². The van der Waals surface area contributed by atoms with Crippen molar-refractivity contribution >= 4 is 22.5 Å².